The van der Waals surface area contributed by atoms with Crippen LogP contribution < -0.4 is 16.6 Å². The number of hydrazine groups is 1. The Labute approximate surface area is 80.9 Å². The van der Waals surface area contributed by atoms with Crippen molar-refractivity contribution in [3.63, 3.8) is 0 Å². The van der Waals surface area contributed by atoms with Gasteiger partial charge < -0.3 is 5.73 Å². The predicted octanol–water partition coefficient (Wildman–Crippen LogP) is 1.26. The van der Waals surface area contributed by atoms with Gasteiger partial charge in [0.2, 0.25) is 0 Å². The van der Waals surface area contributed by atoms with Gasteiger partial charge in [0, 0.05) is 0 Å². The van der Waals surface area contributed by atoms with Gasteiger partial charge in [-0.3, -0.25) is 5.01 Å². The van der Waals surface area contributed by atoms with Gasteiger partial charge in [-0.25, -0.2) is 5.84 Å². The fourth-order valence-corrected chi connectivity index (χ4v) is 1.09. The molecule has 4 N–H and O–H groups in total. The molecular weight excluding hydrogens is 194 g/mol. The van der Waals surface area contributed by atoms with Crippen LogP contribution in [0.3, 0.4) is 0 Å². The van der Waals surface area contributed by atoms with E-state index in [0.717, 1.165) is 5.01 Å². The van der Waals surface area contributed by atoms with E-state index in [2.05, 4.69) is 12.2 Å². The lowest BCUT2D eigenvalue weighted by Crippen LogP contribution is -2.41. The van der Waals surface area contributed by atoms with Crippen molar-refractivity contribution in [3.05, 3.63) is 29.3 Å². The number of para-hydroxylation sites is 1. The van der Waals surface area contributed by atoms with E-state index >= 15 is 0 Å². The third-order valence-electron chi connectivity index (χ3n) is 1.35. The van der Waals surface area contributed by atoms with Crippen molar-refractivity contribution in [2.45, 2.75) is 0 Å². The molecule has 3 nitrogen and oxygen atoms in total. The number of nitrogens with two attached hydrogens (primary N) is 2. The Morgan fingerprint density at radius 3 is 2.50 bits per heavy atom. The van der Waals surface area contributed by atoms with Gasteiger partial charge in [0.05, 0.1) is 10.7 Å². The summed E-state index contributed by atoms with van der Waals surface area (Å²) in [6, 6.07) is 7.06. The molecule has 0 aliphatic heterocycles. The van der Waals surface area contributed by atoms with Crippen molar-refractivity contribution in [3.8, 4) is 0 Å². The molecule has 0 spiro atoms. The molecule has 0 saturated heterocycles. The summed E-state index contributed by atoms with van der Waals surface area (Å²) in [6.45, 7) is 0. The molecule has 1 aromatic rings. The van der Waals surface area contributed by atoms with E-state index in [1.807, 2.05) is 0 Å². The lowest BCUT2D eigenvalue weighted by atomic mass is 10.3. The van der Waals surface area contributed by atoms with E-state index in [1.54, 1.807) is 24.3 Å². The molecule has 0 unspecified atom stereocenters. The second kappa shape index (κ2) is 3.71. The molecule has 0 aromatic heterocycles. The number of anilines is 1. The molecule has 64 valence electrons. The Morgan fingerprint density at radius 1 is 1.42 bits per heavy atom. The molecule has 0 aliphatic rings. The van der Waals surface area contributed by atoms with Crippen LogP contribution in [0.25, 0.3) is 0 Å². The van der Waals surface area contributed by atoms with Gasteiger partial charge in [-0.1, -0.05) is 23.7 Å². The van der Waals surface area contributed by atoms with Crippen LogP contribution >= 0.6 is 23.8 Å². The molecule has 12 heavy (non-hydrogen) atoms. The summed E-state index contributed by atoms with van der Waals surface area (Å²) in [5.74, 6) is 5.52. The Hall–Kier alpha value is -0.840. The number of nitrogens with zero attached hydrogens (tertiary/aromatic N) is 1. The van der Waals surface area contributed by atoms with Crippen molar-refractivity contribution >= 4 is 34.6 Å². The zero-order valence-corrected chi connectivity index (χ0v) is 7.77. The van der Waals surface area contributed by atoms with Crippen molar-refractivity contribution in [1.29, 1.82) is 0 Å². The van der Waals surface area contributed by atoms with E-state index < -0.39 is 0 Å². The quantitative estimate of drug-likeness (QED) is 0.408. The molecule has 0 atom stereocenters. The van der Waals surface area contributed by atoms with Crippen LogP contribution in [0.15, 0.2) is 24.3 Å². The second-order valence-electron chi connectivity index (χ2n) is 2.16. The molecule has 0 radical (unpaired) electrons. The van der Waals surface area contributed by atoms with E-state index in [-0.39, 0.29) is 5.11 Å². The summed E-state index contributed by atoms with van der Waals surface area (Å²) in [7, 11) is 0. The number of hydrogen-bond acceptors (Lipinski definition) is 2. The third kappa shape index (κ3) is 1.85. The first-order valence-corrected chi connectivity index (χ1v) is 4.00. The van der Waals surface area contributed by atoms with Gasteiger partial charge in [0.1, 0.15) is 0 Å². The first-order valence-electron chi connectivity index (χ1n) is 3.21. The number of benzene rings is 1. The Kier molecular flexibility index (Phi) is 2.86. The zero-order valence-electron chi connectivity index (χ0n) is 6.20. The minimum absolute atomic E-state index is 0.0862. The number of hydrogen-bond donors (Lipinski definition) is 2. The number of rotatable bonds is 1. The van der Waals surface area contributed by atoms with Crippen molar-refractivity contribution < 1.29 is 0 Å². The third-order valence-corrected chi connectivity index (χ3v) is 1.87. The molecular formula is C7H8ClN3S. The minimum Gasteiger partial charge on any atom is -0.375 e. The van der Waals surface area contributed by atoms with Gasteiger partial charge in [-0.2, -0.15) is 0 Å². The smallest absolute Gasteiger partial charge is 0.185 e. The average molecular weight is 202 g/mol. The molecule has 5 heteroatoms. The van der Waals surface area contributed by atoms with Gasteiger partial charge in [0.25, 0.3) is 0 Å². The van der Waals surface area contributed by atoms with Gasteiger partial charge in [-0.05, 0) is 24.4 Å². The van der Waals surface area contributed by atoms with Gasteiger partial charge >= 0.3 is 0 Å². The highest BCUT2D eigenvalue weighted by atomic mass is 35.5. The summed E-state index contributed by atoms with van der Waals surface area (Å²) in [5.41, 5.74) is 5.91. The fraction of sp³-hybridized carbons (Fsp3) is 0. The van der Waals surface area contributed by atoms with E-state index in [9.17, 15) is 0 Å². The molecule has 0 saturated carbocycles. The molecule has 0 amide bonds. The minimum atomic E-state index is 0.0862. The first-order chi connectivity index (χ1) is 5.63. The van der Waals surface area contributed by atoms with Crippen LogP contribution in [-0.4, -0.2) is 5.11 Å². The molecule has 1 rings (SSSR count). The maximum Gasteiger partial charge on any atom is 0.185 e. The number of thiocarbonyl (C=S) groups is 1. The van der Waals surface area contributed by atoms with Crippen LogP contribution in [0.5, 0.6) is 0 Å². The zero-order chi connectivity index (χ0) is 9.14. The molecule has 0 heterocycles. The maximum atomic E-state index is 5.83. The van der Waals surface area contributed by atoms with Crippen molar-refractivity contribution in [1.82, 2.24) is 0 Å². The number of halogens is 1. The fourth-order valence-electron chi connectivity index (χ4n) is 0.766. The van der Waals surface area contributed by atoms with Crippen LogP contribution in [-0.2, 0) is 0 Å². The second-order valence-corrected chi connectivity index (χ2v) is 2.99. The SMILES string of the molecule is NC(=S)N(N)c1ccccc1Cl. The molecule has 0 fully saturated rings. The van der Waals surface area contributed by atoms with Gasteiger partial charge in [0.15, 0.2) is 5.11 Å². The van der Waals surface area contributed by atoms with Crippen molar-refractivity contribution in [2.24, 2.45) is 11.6 Å². The normalized spacial score (nSPS) is 9.50. The Balaban J connectivity index is 3.02. The van der Waals surface area contributed by atoms with Crippen LogP contribution in [0.4, 0.5) is 5.69 Å². The molecule has 1 aromatic carbocycles. The van der Waals surface area contributed by atoms with Crippen LogP contribution in [0.1, 0.15) is 0 Å². The lowest BCUT2D eigenvalue weighted by molar-refractivity contribution is 1.13. The molecule has 0 aliphatic carbocycles. The topological polar surface area (TPSA) is 55.3 Å². The summed E-state index contributed by atoms with van der Waals surface area (Å²) in [6.07, 6.45) is 0. The summed E-state index contributed by atoms with van der Waals surface area (Å²) < 4.78 is 0. The Morgan fingerprint density at radius 2 is 2.00 bits per heavy atom. The highest BCUT2D eigenvalue weighted by molar-refractivity contribution is 7.80. The highest BCUT2D eigenvalue weighted by Gasteiger charge is 2.06. The predicted molar refractivity (Wildman–Crippen MR) is 54.9 cm³/mol. The Bertz CT molecular complexity index is 302. The van der Waals surface area contributed by atoms with E-state index in [1.165, 1.54) is 0 Å². The monoisotopic (exact) mass is 201 g/mol. The largest absolute Gasteiger partial charge is 0.375 e. The van der Waals surface area contributed by atoms with Crippen LogP contribution in [0.2, 0.25) is 5.02 Å². The van der Waals surface area contributed by atoms with Gasteiger partial charge in [-0.15, -0.1) is 0 Å². The summed E-state index contributed by atoms with van der Waals surface area (Å²) >= 11 is 10.5. The lowest BCUT2D eigenvalue weighted by Gasteiger charge is -2.16. The average Bonchev–Trinajstić information content (AvgIpc) is 2.04. The summed E-state index contributed by atoms with van der Waals surface area (Å²) in [5, 5.41) is 1.77. The molecule has 0 bridgehead atoms. The van der Waals surface area contributed by atoms with E-state index in [0.29, 0.717) is 10.7 Å². The first kappa shape index (κ1) is 9.25. The van der Waals surface area contributed by atoms with Crippen molar-refractivity contribution in [2.75, 3.05) is 5.01 Å². The highest BCUT2D eigenvalue weighted by Crippen LogP contribution is 2.22. The van der Waals surface area contributed by atoms with E-state index in [4.69, 9.17) is 23.2 Å². The summed E-state index contributed by atoms with van der Waals surface area (Å²) in [4.78, 5) is 0. The standard InChI is InChI=1S/C7H8ClN3S/c8-5-3-1-2-4-6(5)11(10)7(9)12/h1-4H,10H2,(H2,9,12). The van der Waals surface area contributed by atoms with Crippen LogP contribution in [0, 0.1) is 0 Å². The maximum absolute atomic E-state index is 5.83.